The summed E-state index contributed by atoms with van der Waals surface area (Å²) in [6.45, 7) is 7.03. The quantitative estimate of drug-likeness (QED) is 0.879. The molecule has 2 heterocycles. The predicted molar refractivity (Wildman–Crippen MR) is 86.1 cm³/mol. The zero-order valence-electron chi connectivity index (χ0n) is 11.5. The molecule has 1 aliphatic rings. The van der Waals surface area contributed by atoms with Gasteiger partial charge in [-0.2, -0.15) is 11.8 Å². The first-order valence-electron chi connectivity index (χ1n) is 6.73. The summed E-state index contributed by atoms with van der Waals surface area (Å²) in [7, 11) is 0. The van der Waals surface area contributed by atoms with E-state index in [9.17, 15) is 0 Å². The summed E-state index contributed by atoms with van der Waals surface area (Å²) in [4.78, 5) is 4.42. The Balaban J connectivity index is 1.99. The Morgan fingerprint density at radius 2 is 2.21 bits per heavy atom. The van der Waals surface area contributed by atoms with E-state index in [-0.39, 0.29) is 0 Å². The van der Waals surface area contributed by atoms with Crippen LogP contribution in [0.25, 0.3) is 0 Å². The fourth-order valence-corrected chi connectivity index (χ4v) is 3.77. The van der Waals surface area contributed by atoms with Crippen LogP contribution in [0.15, 0.2) is 16.7 Å². The van der Waals surface area contributed by atoms with Crippen LogP contribution >= 0.6 is 27.7 Å². The molecule has 1 saturated heterocycles. The number of ether oxygens (including phenoxy) is 1. The molecule has 1 aliphatic heterocycles. The minimum Gasteiger partial charge on any atom is -0.381 e. The molecule has 5 heteroatoms. The number of aromatic nitrogens is 1. The third-order valence-electron chi connectivity index (χ3n) is 3.49. The van der Waals surface area contributed by atoms with Crippen molar-refractivity contribution in [3.63, 3.8) is 0 Å². The fourth-order valence-electron chi connectivity index (χ4n) is 2.31. The van der Waals surface area contributed by atoms with Crippen LogP contribution in [0.5, 0.6) is 0 Å². The normalized spacial score (nSPS) is 18.3. The van der Waals surface area contributed by atoms with Crippen molar-refractivity contribution in [2.24, 2.45) is 0 Å². The molecule has 1 fully saturated rings. The highest BCUT2D eigenvalue weighted by atomic mass is 79.9. The lowest BCUT2D eigenvalue weighted by Gasteiger charge is -2.36. The number of halogens is 1. The van der Waals surface area contributed by atoms with Gasteiger partial charge in [0.15, 0.2) is 0 Å². The molecule has 106 valence electrons. The highest BCUT2D eigenvalue weighted by Crippen LogP contribution is 2.35. The highest BCUT2D eigenvalue weighted by Gasteiger charge is 2.32. The summed E-state index contributed by atoms with van der Waals surface area (Å²) in [5.41, 5.74) is 1.21. The van der Waals surface area contributed by atoms with Gasteiger partial charge in [0.05, 0.1) is 0 Å². The molecule has 1 N–H and O–H groups in total. The van der Waals surface area contributed by atoms with Gasteiger partial charge in [-0.25, -0.2) is 4.98 Å². The lowest BCUT2D eigenvalue weighted by Crippen LogP contribution is -2.40. The van der Waals surface area contributed by atoms with Crippen molar-refractivity contribution in [1.82, 2.24) is 4.98 Å². The van der Waals surface area contributed by atoms with Crippen molar-refractivity contribution in [1.29, 1.82) is 0 Å². The second-order valence-corrected chi connectivity index (χ2v) is 7.49. The molecule has 19 heavy (non-hydrogen) atoms. The van der Waals surface area contributed by atoms with Crippen LogP contribution in [-0.4, -0.2) is 35.2 Å². The minimum atomic E-state index is 0.301. The summed E-state index contributed by atoms with van der Waals surface area (Å²) in [5.74, 6) is 2.11. The molecule has 2 rings (SSSR count). The zero-order chi connectivity index (χ0) is 13.7. The van der Waals surface area contributed by atoms with Crippen LogP contribution < -0.4 is 5.32 Å². The highest BCUT2D eigenvalue weighted by molar-refractivity contribution is 9.10. The number of hydrogen-bond donors (Lipinski definition) is 1. The Hall–Kier alpha value is -0.260. The van der Waals surface area contributed by atoms with Crippen LogP contribution in [-0.2, 0) is 4.74 Å². The summed E-state index contributed by atoms with van der Waals surface area (Å²) in [6.07, 6.45) is 4.10. The van der Waals surface area contributed by atoms with E-state index in [1.54, 1.807) is 0 Å². The Kier molecular flexibility index (Phi) is 5.54. The SMILES string of the molecule is CCSC1(CNc2cc(C)c(Br)cn2)CCOCC1. The van der Waals surface area contributed by atoms with E-state index in [4.69, 9.17) is 4.74 Å². The largest absolute Gasteiger partial charge is 0.381 e. The van der Waals surface area contributed by atoms with Gasteiger partial charge in [0.1, 0.15) is 5.82 Å². The zero-order valence-corrected chi connectivity index (χ0v) is 13.9. The Morgan fingerprint density at radius 1 is 1.47 bits per heavy atom. The van der Waals surface area contributed by atoms with Crippen molar-refractivity contribution < 1.29 is 4.74 Å². The monoisotopic (exact) mass is 344 g/mol. The number of thioether (sulfide) groups is 1. The van der Waals surface area contributed by atoms with Gasteiger partial charge in [0.2, 0.25) is 0 Å². The average molecular weight is 345 g/mol. The van der Waals surface area contributed by atoms with Gasteiger partial charge in [-0.05, 0) is 53.1 Å². The predicted octanol–water partition coefficient (Wildman–Crippen LogP) is 3.87. The van der Waals surface area contributed by atoms with Crippen molar-refractivity contribution in [3.05, 3.63) is 22.3 Å². The average Bonchev–Trinajstić information content (AvgIpc) is 2.42. The molecule has 0 spiro atoms. The summed E-state index contributed by atoms with van der Waals surface area (Å²) in [6, 6.07) is 2.09. The first-order valence-corrected chi connectivity index (χ1v) is 8.51. The molecule has 0 unspecified atom stereocenters. The topological polar surface area (TPSA) is 34.2 Å². The maximum absolute atomic E-state index is 5.50. The van der Waals surface area contributed by atoms with Gasteiger partial charge >= 0.3 is 0 Å². The lowest BCUT2D eigenvalue weighted by molar-refractivity contribution is 0.0801. The molecular formula is C14H21BrN2OS. The van der Waals surface area contributed by atoms with Crippen molar-refractivity contribution in [2.75, 3.05) is 30.8 Å². The first-order chi connectivity index (χ1) is 9.15. The number of hydrogen-bond acceptors (Lipinski definition) is 4. The minimum absolute atomic E-state index is 0.301. The number of rotatable bonds is 5. The van der Waals surface area contributed by atoms with Crippen molar-refractivity contribution in [3.8, 4) is 0 Å². The van der Waals surface area contributed by atoms with E-state index in [1.165, 1.54) is 5.56 Å². The third-order valence-corrected chi connectivity index (χ3v) is 5.78. The summed E-state index contributed by atoms with van der Waals surface area (Å²) < 4.78 is 6.85. The Morgan fingerprint density at radius 3 is 2.84 bits per heavy atom. The van der Waals surface area contributed by atoms with E-state index in [1.807, 2.05) is 18.0 Å². The van der Waals surface area contributed by atoms with E-state index < -0.39 is 0 Å². The first kappa shape index (κ1) is 15.1. The van der Waals surface area contributed by atoms with Crippen LogP contribution in [0.3, 0.4) is 0 Å². The lowest BCUT2D eigenvalue weighted by atomic mass is 9.99. The van der Waals surface area contributed by atoms with Gasteiger partial charge in [-0.15, -0.1) is 0 Å². The number of nitrogens with zero attached hydrogens (tertiary/aromatic N) is 1. The van der Waals surface area contributed by atoms with Gasteiger partial charge in [-0.1, -0.05) is 6.92 Å². The number of aryl methyl sites for hydroxylation is 1. The van der Waals surface area contributed by atoms with Crippen LogP contribution in [0.1, 0.15) is 25.3 Å². The van der Waals surface area contributed by atoms with Crippen LogP contribution in [0.2, 0.25) is 0 Å². The van der Waals surface area contributed by atoms with Gasteiger partial charge in [0.25, 0.3) is 0 Å². The molecule has 3 nitrogen and oxygen atoms in total. The van der Waals surface area contributed by atoms with Crippen LogP contribution in [0.4, 0.5) is 5.82 Å². The Labute approximate surface area is 128 Å². The second kappa shape index (κ2) is 6.95. The van der Waals surface area contributed by atoms with Crippen LogP contribution in [0, 0.1) is 6.92 Å². The number of anilines is 1. The molecule has 0 atom stereocenters. The van der Waals surface area contributed by atoms with Crippen molar-refractivity contribution >= 4 is 33.5 Å². The number of pyridine rings is 1. The summed E-state index contributed by atoms with van der Waals surface area (Å²) in [5, 5.41) is 3.50. The molecule has 1 aromatic heterocycles. The fraction of sp³-hybridized carbons (Fsp3) is 0.643. The smallest absolute Gasteiger partial charge is 0.126 e. The van der Waals surface area contributed by atoms with Gasteiger partial charge < -0.3 is 10.1 Å². The molecular weight excluding hydrogens is 324 g/mol. The van der Waals surface area contributed by atoms with E-state index >= 15 is 0 Å². The van der Waals surface area contributed by atoms with E-state index in [0.29, 0.717) is 4.75 Å². The molecule has 0 aromatic carbocycles. The summed E-state index contributed by atoms with van der Waals surface area (Å²) >= 11 is 5.53. The third kappa shape index (κ3) is 4.10. The molecule has 0 aliphatic carbocycles. The van der Waals surface area contributed by atoms with Crippen molar-refractivity contribution in [2.45, 2.75) is 31.4 Å². The molecule has 0 saturated carbocycles. The maximum atomic E-state index is 5.50. The van der Waals surface area contributed by atoms with Gasteiger partial charge in [0, 0.05) is 35.2 Å². The molecule has 0 amide bonds. The molecule has 0 radical (unpaired) electrons. The van der Waals surface area contributed by atoms with E-state index in [2.05, 4.69) is 46.1 Å². The standard InChI is InChI=1S/C14H21BrN2OS/c1-3-19-14(4-6-18-7-5-14)10-17-13-8-11(2)12(15)9-16-13/h8-9H,3-7,10H2,1-2H3,(H,16,17). The maximum Gasteiger partial charge on any atom is 0.126 e. The Bertz CT molecular complexity index is 416. The van der Waals surface area contributed by atoms with Gasteiger partial charge in [-0.3, -0.25) is 0 Å². The van der Waals surface area contributed by atoms with E-state index in [0.717, 1.165) is 48.6 Å². The number of nitrogens with one attached hydrogen (secondary N) is 1. The molecule has 1 aromatic rings. The molecule has 0 bridgehead atoms. The second-order valence-electron chi connectivity index (χ2n) is 4.90.